The van der Waals surface area contributed by atoms with E-state index in [0.717, 1.165) is 6.07 Å². The number of carboxylic acids is 1. The fourth-order valence-corrected chi connectivity index (χ4v) is 3.23. The van der Waals surface area contributed by atoms with Crippen LogP contribution >= 0.6 is 0 Å². The van der Waals surface area contributed by atoms with Gasteiger partial charge in [0.15, 0.2) is 11.5 Å². The Hall–Kier alpha value is -3.83. The number of alkyl halides is 5. The SMILES string of the molecule is O=C(O)Cc1c2ccc(Oc3ccc(C(F)(F)F)cc3OC(F)F)cc2n2cn[nH]c12. The number of fused-ring (bicyclic) bond motifs is 3. The summed E-state index contributed by atoms with van der Waals surface area (Å²) in [7, 11) is 0. The topological polar surface area (TPSA) is 88.8 Å². The lowest BCUT2D eigenvalue weighted by Gasteiger charge is -2.15. The molecule has 162 valence electrons. The maximum absolute atomic E-state index is 12.9. The highest BCUT2D eigenvalue weighted by Crippen LogP contribution is 2.39. The van der Waals surface area contributed by atoms with Crippen molar-refractivity contribution in [3.63, 3.8) is 0 Å². The Morgan fingerprint density at radius 3 is 2.61 bits per heavy atom. The number of halogens is 5. The van der Waals surface area contributed by atoms with Crippen LogP contribution in [0.5, 0.6) is 17.2 Å². The zero-order valence-electron chi connectivity index (χ0n) is 15.3. The molecule has 0 aliphatic carbocycles. The highest BCUT2D eigenvalue weighted by molar-refractivity contribution is 5.94. The van der Waals surface area contributed by atoms with E-state index in [4.69, 9.17) is 9.84 Å². The summed E-state index contributed by atoms with van der Waals surface area (Å²) in [6.45, 7) is -3.36. The highest BCUT2D eigenvalue weighted by atomic mass is 19.4. The number of rotatable bonds is 6. The Morgan fingerprint density at radius 1 is 1.16 bits per heavy atom. The van der Waals surface area contributed by atoms with Crippen molar-refractivity contribution >= 4 is 22.5 Å². The molecule has 0 amide bonds. The monoisotopic (exact) mass is 441 g/mol. The quantitative estimate of drug-likeness (QED) is 0.418. The number of aromatic amines is 1. The van der Waals surface area contributed by atoms with Gasteiger partial charge in [0.2, 0.25) is 0 Å². The third-order valence-electron chi connectivity index (χ3n) is 4.47. The molecule has 0 saturated heterocycles. The van der Waals surface area contributed by atoms with Gasteiger partial charge in [0.25, 0.3) is 0 Å². The molecule has 4 aromatic rings. The first kappa shape index (κ1) is 20.4. The molecule has 0 atom stereocenters. The first-order valence-corrected chi connectivity index (χ1v) is 8.65. The van der Waals surface area contributed by atoms with Crippen molar-refractivity contribution in [2.45, 2.75) is 19.2 Å². The van der Waals surface area contributed by atoms with Gasteiger partial charge in [-0.2, -0.15) is 27.1 Å². The van der Waals surface area contributed by atoms with Gasteiger partial charge >= 0.3 is 18.8 Å². The molecule has 2 N–H and O–H groups in total. The minimum absolute atomic E-state index is 0.105. The molecule has 0 aliphatic heterocycles. The Morgan fingerprint density at radius 2 is 1.94 bits per heavy atom. The molecule has 7 nitrogen and oxygen atoms in total. The highest BCUT2D eigenvalue weighted by Gasteiger charge is 2.32. The summed E-state index contributed by atoms with van der Waals surface area (Å²) in [6.07, 6.45) is -3.62. The molecule has 0 bridgehead atoms. The van der Waals surface area contributed by atoms with Crippen molar-refractivity contribution in [1.82, 2.24) is 14.6 Å². The van der Waals surface area contributed by atoms with Crippen LogP contribution in [0.25, 0.3) is 16.6 Å². The summed E-state index contributed by atoms with van der Waals surface area (Å²) in [5.41, 5.74) is 0.255. The molecule has 4 rings (SSSR count). The Bertz CT molecular complexity index is 1280. The van der Waals surface area contributed by atoms with E-state index in [1.165, 1.54) is 18.5 Å². The number of nitrogens with one attached hydrogen (secondary N) is 1. The molecule has 0 fully saturated rings. The third-order valence-corrected chi connectivity index (χ3v) is 4.47. The van der Waals surface area contributed by atoms with Crippen LogP contribution in [-0.4, -0.2) is 32.3 Å². The van der Waals surface area contributed by atoms with E-state index in [2.05, 4.69) is 14.9 Å². The van der Waals surface area contributed by atoms with Gasteiger partial charge in [0.05, 0.1) is 17.5 Å². The second-order valence-electron chi connectivity index (χ2n) is 6.44. The second-order valence-corrected chi connectivity index (χ2v) is 6.44. The van der Waals surface area contributed by atoms with E-state index in [0.29, 0.717) is 34.2 Å². The number of carboxylic acid groups (broad SMARTS) is 1. The van der Waals surface area contributed by atoms with Gasteiger partial charge in [-0.15, -0.1) is 0 Å². The first-order valence-electron chi connectivity index (χ1n) is 8.65. The van der Waals surface area contributed by atoms with Gasteiger partial charge in [0.1, 0.15) is 17.7 Å². The fraction of sp³-hybridized carbons (Fsp3) is 0.158. The minimum Gasteiger partial charge on any atom is -0.481 e. The number of hydrogen-bond acceptors (Lipinski definition) is 4. The molecule has 31 heavy (non-hydrogen) atoms. The molecule has 2 aromatic heterocycles. The Labute approximate surface area is 169 Å². The lowest BCUT2D eigenvalue weighted by molar-refractivity contribution is -0.138. The van der Waals surface area contributed by atoms with Crippen molar-refractivity contribution < 1.29 is 41.3 Å². The van der Waals surface area contributed by atoms with E-state index in [1.54, 1.807) is 10.5 Å². The molecule has 0 unspecified atom stereocenters. The molecule has 2 heterocycles. The molecule has 0 spiro atoms. The van der Waals surface area contributed by atoms with Crippen LogP contribution in [0, 0.1) is 0 Å². The van der Waals surface area contributed by atoms with Crippen LogP contribution in [0.1, 0.15) is 11.1 Å². The van der Waals surface area contributed by atoms with Crippen LogP contribution in [0.3, 0.4) is 0 Å². The lowest BCUT2D eigenvalue weighted by Crippen LogP contribution is -2.08. The average Bonchev–Trinajstić information content (AvgIpc) is 3.24. The number of ether oxygens (including phenoxy) is 2. The van der Waals surface area contributed by atoms with E-state index >= 15 is 0 Å². The van der Waals surface area contributed by atoms with E-state index < -0.39 is 30.1 Å². The largest absolute Gasteiger partial charge is 0.481 e. The third kappa shape index (κ3) is 3.96. The van der Waals surface area contributed by atoms with Crippen molar-refractivity contribution in [1.29, 1.82) is 0 Å². The zero-order valence-corrected chi connectivity index (χ0v) is 15.3. The summed E-state index contributed by atoms with van der Waals surface area (Å²) in [4.78, 5) is 11.2. The summed E-state index contributed by atoms with van der Waals surface area (Å²) >= 11 is 0. The Kier molecular flexibility index (Phi) is 4.91. The molecule has 0 radical (unpaired) electrons. The maximum atomic E-state index is 12.9. The number of carbonyl (C=O) groups is 1. The lowest BCUT2D eigenvalue weighted by atomic mass is 10.1. The minimum atomic E-state index is -4.75. The second kappa shape index (κ2) is 7.45. The maximum Gasteiger partial charge on any atom is 0.416 e. The van der Waals surface area contributed by atoms with Crippen LogP contribution < -0.4 is 9.47 Å². The van der Waals surface area contributed by atoms with Crippen LogP contribution in [0.2, 0.25) is 0 Å². The van der Waals surface area contributed by atoms with Crippen molar-refractivity contribution in [3.8, 4) is 17.2 Å². The van der Waals surface area contributed by atoms with E-state index in [-0.39, 0.29) is 17.9 Å². The zero-order chi connectivity index (χ0) is 22.3. The average molecular weight is 441 g/mol. The fourth-order valence-electron chi connectivity index (χ4n) is 3.23. The van der Waals surface area contributed by atoms with Crippen molar-refractivity contribution in [2.24, 2.45) is 0 Å². The number of aliphatic carboxylic acids is 1. The van der Waals surface area contributed by atoms with Crippen LogP contribution in [0.15, 0.2) is 42.7 Å². The summed E-state index contributed by atoms with van der Waals surface area (Å²) < 4.78 is 75.4. The predicted octanol–water partition coefficient (Wildman–Crippen LogP) is 4.86. The summed E-state index contributed by atoms with van der Waals surface area (Å²) in [5.74, 6) is -2.07. The van der Waals surface area contributed by atoms with Gasteiger partial charge in [0, 0.05) is 17.0 Å². The number of nitrogens with zero attached hydrogens (tertiary/aromatic N) is 2. The molecule has 0 aliphatic rings. The van der Waals surface area contributed by atoms with E-state index in [1.807, 2.05) is 0 Å². The number of benzene rings is 2. The normalized spacial score (nSPS) is 12.1. The number of hydrogen-bond donors (Lipinski definition) is 2. The summed E-state index contributed by atoms with van der Waals surface area (Å²) in [5, 5.41) is 16.3. The number of aromatic nitrogens is 3. The standard InChI is InChI=1S/C19H12F5N3O4/c20-18(21)31-15-5-9(19(22,23)24)1-4-14(15)30-10-2-3-11-12(7-16(28)29)17-26-25-8-27(17)13(11)6-10/h1-6,8,18,26H,7H2,(H,28,29). The molecular weight excluding hydrogens is 429 g/mol. The van der Waals surface area contributed by atoms with Crippen molar-refractivity contribution in [3.05, 3.63) is 53.9 Å². The van der Waals surface area contributed by atoms with Gasteiger partial charge < -0.3 is 14.6 Å². The van der Waals surface area contributed by atoms with Crippen LogP contribution in [-0.2, 0) is 17.4 Å². The molecule has 0 saturated carbocycles. The molecule has 2 aromatic carbocycles. The predicted molar refractivity (Wildman–Crippen MR) is 96.5 cm³/mol. The van der Waals surface area contributed by atoms with Crippen LogP contribution in [0.4, 0.5) is 22.0 Å². The van der Waals surface area contributed by atoms with E-state index in [9.17, 15) is 26.7 Å². The van der Waals surface area contributed by atoms with Gasteiger partial charge in [-0.05, 0) is 30.3 Å². The Balaban J connectivity index is 1.76. The first-order chi connectivity index (χ1) is 14.6. The summed E-state index contributed by atoms with van der Waals surface area (Å²) in [6, 6.07) is 6.46. The molecular formula is C19H12F5N3O4. The van der Waals surface area contributed by atoms with Gasteiger partial charge in [-0.3, -0.25) is 14.3 Å². The van der Waals surface area contributed by atoms with Gasteiger partial charge in [-0.25, -0.2) is 0 Å². The number of H-pyrrole nitrogens is 1. The van der Waals surface area contributed by atoms with Crippen molar-refractivity contribution in [2.75, 3.05) is 0 Å². The molecule has 12 heteroatoms. The van der Waals surface area contributed by atoms with Gasteiger partial charge in [-0.1, -0.05) is 0 Å². The smallest absolute Gasteiger partial charge is 0.416 e.